The maximum Gasteiger partial charge on any atom is -0.00201 e. The first-order valence-electron chi connectivity index (χ1n) is 20.8. The maximum atomic E-state index is 2.43. The molecule has 12 rings (SSSR count). The fraction of sp³-hybridized carbons (Fsp3) is 0. The van der Waals surface area contributed by atoms with E-state index in [4.69, 9.17) is 0 Å². The van der Waals surface area contributed by atoms with E-state index in [0.717, 1.165) is 0 Å². The molecule has 60 heavy (non-hydrogen) atoms. The number of hydrogen-bond donors (Lipinski definition) is 0. The van der Waals surface area contributed by atoms with Crippen molar-refractivity contribution in [3.05, 3.63) is 231 Å². The van der Waals surface area contributed by atoms with Crippen molar-refractivity contribution in [1.82, 2.24) is 0 Å². The molecule has 0 saturated carbocycles. The molecule has 0 aliphatic carbocycles. The van der Waals surface area contributed by atoms with Crippen molar-refractivity contribution in [3.8, 4) is 55.6 Å². The summed E-state index contributed by atoms with van der Waals surface area (Å²) in [5.74, 6) is 0. The Bertz CT molecular complexity index is 3560. The minimum absolute atomic E-state index is 1.20. The van der Waals surface area contributed by atoms with Crippen LogP contribution in [0, 0.1) is 0 Å². The Morgan fingerprint density at radius 3 is 1.08 bits per heavy atom. The number of fused-ring (bicyclic) bond motifs is 6. The molecule has 0 N–H and O–H groups in total. The lowest BCUT2D eigenvalue weighted by Crippen LogP contribution is -1.92. The summed E-state index contributed by atoms with van der Waals surface area (Å²) in [6, 6.07) is 85.3. The van der Waals surface area contributed by atoms with Crippen LogP contribution in [-0.4, -0.2) is 0 Å². The summed E-state index contributed by atoms with van der Waals surface area (Å²) >= 11 is 0. The second-order valence-corrected chi connectivity index (χ2v) is 16.0. The topological polar surface area (TPSA) is 0 Å². The first-order chi connectivity index (χ1) is 29.8. The van der Waals surface area contributed by atoms with Crippen molar-refractivity contribution in [2.75, 3.05) is 0 Å². The molecule has 278 valence electrons. The first-order valence-corrected chi connectivity index (χ1v) is 20.8. The molecule has 0 heterocycles. The third-order valence-electron chi connectivity index (χ3n) is 12.6. The number of rotatable bonds is 5. The van der Waals surface area contributed by atoms with Gasteiger partial charge >= 0.3 is 0 Å². The SMILES string of the molecule is c1ccc2c(-c3cc(-c4cccc5ccccc45)c4ccc(-c5ccc(-c6cccc7ccccc67)c6c(-c7cccc8ccccc78)cccc56)cc4c3)cccc2c1. The molecular formula is C60H38. The largest absolute Gasteiger partial charge is 0.0616 e. The van der Waals surface area contributed by atoms with Crippen LogP contribution in [0.2, 0.25) is 0 Å². The van der Waals surface area contributed by atoms with Gasteiger partial charge in [-0.1, -0.05) is 212 Å². The van der Waals surface area contributed by atoms with Gasteiger partial charge < -0.3 is 0 Å². The summed E-state index contributed by atoms with van der Waals surface area (Å²) in [4.78, 5) is 0. The van der Waals surface area contributed by atoms with Crippen LogP contribution in [0.3, 0.4) is 0 Å². The van der Waals surface area contributed by atoms with Gasteiger partial charge in [-0.2, -0.15) is 0 Å². The maximum absolute atomic E-state index is 2.43. The zero-order valence-electron chi connectivity index (χ0n) is 32.9. The molecular weight excluding hydrogens is 721 g/mol. The van der Waals surface area contributed by atoms with Gasteiger partial charge in [0.15, 0.2) is 0 Å². The monoisotopic (exact) mass is 758 g/mol. The quantitative estimate of drug-likeness (QED) is 0.164. The Labute approximate surface area is 349 Å². The van der Waals surface area contributed by atoms with Gasteiger partial charge in [-0.25, -0.2) is 0 Å². The molecule has 0 atom stereocenters. The van der Waals surface area contributed by atoms with Crippen LogP contribution >= 0.6 is 0 Å². The molecule has 0 radical (unpaired) electrons. The molecule has 0 heteroatoms. The van der Waals surface area contributed by atoms with Crippen LogP contribution in [0.25, 0.3) is 120 Å². The van der Waals surface area contributed by atoms with Crippen LogP contribution in [0.5, 0.6) is 0 Å². The van der Waals surface area contributed by atoms with Gasteiger partial charge in [0.2, 0.25) is 0 Å². The summed E-state index contributed by atoms with van der Waals surface area (Å²) in [6.07, 6.45) is 0. The molecule has 0 aliphatic heterocycles. The normalized spacial score (nSPS) is 11.7. The molecule has 0 spiro atoms. The molecule has 0 aliphatic rings. The molecule has 0 aromatic heterocycles. The van der Waals surface area contributed by atoms with E-state index in [0.29, 0.717) is 0 Å². The van der Waals surface area contributed by atoms with Gasteiger partial charge in [-0.05, 0) is 138 Å². The van der Waals surface area contributed by atoms with Gasteiger partial charge in [-0.15, -0.1) is 0 Å². The molecule has 0 unspecified atom stereocenters. The van der Waals surface area contributed by atoms with Gasteiger partial charge in [-0.3, -0.25) is 0 Å². The highest BCUT2D eigenvalue weighted by Crippen LogP contribution is 2.46. The fourth-order valence-electron chi connectivity index (χ4n) is 9.88. The summed E-state index contributed by atoms with van der Waals surface area (Å²) in [5, 5.41) is 15.0. The lowest BCUT2D eigenvalue weighted by atomic mass is 9.84. The molecule has 12 aromatic carbocycles. The van der Waals surface area contributed by atoms with Crippen molar-refractivity contribution in [1.29, 1.82) is 0 Å². The van der Waals surface area contributed by atoms with Crippen molar-refractivity contribution in [2.45, 2.75) is 0 Å². The van der Waals surface area contributed by atoms with Crippen LogP contribution in [0.1, 0.15) is 0 Å². The van der Waals surface area contributed by atoms with E-state index in [1.54, 1.807) is 0 Å². The van der Waals surface area contributed by atoms with E-state index in [-0.39, 0.29) is 0 Å². The predicted octanol–water partition coefficient (Wildman–Crippen LogP) is 16.9. The predicted molar refractivity (Wildman–Crippen MR) is 259 cm³/mol. The number of hydrogen-bond acceptors (Lipinski definition) is 0. The Kier molecular flexibility index (Phi) is 7.96. The van der Waals surface area contributed by atoms with Gasteiger partial charge in [0, 0.05) is 0 Å². The van der Waals surface area contributed by atoms with Crippen LogP contribution in [0.15, 0.2) is 231 Å². The Hall–Kier alpha value is -7.80. The van der Waals surface area contributed by atoms with Gasteiger partial charge in [0.1, 0.15) is 0 Å². The zero-order valence-corrected chi connectivity index (χ0v) is 32.9. The van der Waals surface area contributed by atoms with Gasteiger partial charge in [0.25, 0.3) is 0 Å². The molecule has 0 saturated heterocycles. The second kappa shape index (κ2) is 13.9. The van der Waals surface area contributed by atoms with E-state index >= 15 is 0 Å². The van der Waals surface area contributed by atoms with Crippen molar-refractivity contribution >= 4 is 64.6 Å². The summed E-state index contributed by atoms with van der Waals surface area (Å²) in [7, 11) is 0. The van der Waals surface area contributed by atoms with Crippen molar-refractivity contribution in [3.63, 3.8) is 0 Å². The molecule has 0 nitrogen and oxygen atoms in total. The summed E-state index contributed by atoms with van der Waals surface area (Å²) < 4.78 is 0. The smallest absolute Gasteiger partial charge is 0.00201 e. The molecule has 0 bridgehead atoms. The van der Waals surface area contributed by atoms with E-state index in [1.165, 1.54) is 120 Å². The molecule has 12 aromatic rings. The van der Waals surface area contributed by atoms with Gasteiger partial charge in [0.05, 0.1) is 0 Å². The standard InChI is InChI=1S/C60H38/c1-5-22-46-39(14-1)18-9-26-50(46)45-37-44-36-43(32-33-52(44)59(38-45)55-29-12-21-42-17-4-8-25-49(42)55)51-34-35-58(54-28-11-20-41-16-3-7-24-48(41)54)60-56(51)30-13-31-57(60)53-27-10-19-40-15-2-6-23-47(40)53/h1-38H. The van der Waals surface area contributed by atoms with Crippen LogP contribution in [-0.2, 0) is 0 Å². The Morgan fingerprint density at radius 1 is 0.167 bits per heavy atom. The van der Waals surface area contributed by atoms with Crippen molar-refractivity contribution < 1.29 is 0 Å². The lowest BCUT2D eigenvalue weighted by Gasteiger charge is -2.19. The third kappa shape index (κ3) is 5.53. The average Bonchev–Trinajstić information content (AvgIpc) is 3.32. The third-order valence-corrected chi connectivity index (χ3v) is 12.6. The minimum atomic E-state index is 1.20. The van der Waals surface area contributed by atoms with E-state index in [1.807, 2.05) is 0 Å². The fourth-order valence-corrected chi connectivity index (χ4v) is 9.88. The van der Waals surface area contributed by atoms with E-state index < -0.39 is 0 Å². The van der Waals surface area contributed by atoms with E-state index in [2.05, 4.69) is 231 Å². The van der Waals surface area contributed by atoms with E-state index in [9.17, 15) is 0 Å². The number of benzene rings is 12. The Balaban J connectivity index is 1.14. The van der Waals surface area contributed by atoms with Crippen molar-refractivity contribution in [2.24, 2.45) is 0 Å². The summed E-state index contributed by atoms with van der Waals surface area (Å²) in [6.45, 7) is 0. The average molecular weight is 759 g/mol. The summed E-state index contributed by atoms with van der Waals surface area (Å²) in [5.41, 5.74) is 12.3. The lowest BCUT2D eigenvalue weighted by molar-refractivity contribution is 1.63. The van der Waals surface area contributed by atoms with Crippen LogP contribution in [0.4, 0.5) is 0 Å². The van der Waals surface area contributed by atoms with Crippen LogP contribution < -0.4 is 0 Å². The minimum Gasteiger partial charge on any atom is -0.0616 e. The zero-order chi connectivity index (χ0) is 39.6. The molecule has 0 fully saturated rings. The highest BCUT2D eigenvalue weighted by molar-refractivity contribution is 6.18. The molecule has 0 amide bonds. The highest BCUT2D eigenvalue weighted by atomic mass is 14.2. The second-order valence-electron chi connectivity index (χ2n) is 16.0. The Morgan fingerprint density at radius 2 is 0.517 bits per heavy atom. The highest BCUT2D eigenvalue weighted by Gasteiger charge is 2.19. The first kappa shape index (κ1) is 34.3.